The molecule has 4 nitrogen and oxygen atoms in total. The SMILES string of the molecule is Cc1cc(C2C(c3ccccn3)NC(=S)N2C(C)C)c(C)n1-c1ccc(Br)cc1. The van der Waals surface area contributed by atoms with Crippen LogP contribution in [0, 0.1) is 13.8 Å². The number of hydrogen-bond acceptors (Lipinski definition) is 2. The van der Waals surface area contributed by atoms with Gasteiger partial charge < -0.3 is 14.8 Å². The van der Waals surface area contributed by atoms with Crippen LogP contribution >= 0.6 is 28.1 Å². The Balaban J connectivity index is 1.85. The highest BCUT2D eigenvalue weighted by Gasteiger charge is 2.42. The third-order valence-electron chi connectivity index (χ3n) is 5.57. The van der Waals surface area contributed by atoms with Gasteiger partial charge in [0.05, 0.1) is 17.8 Å². The zero-order valence-electron chi connectivity index (χ0n) is 17.1. The largest absolute Gasteiger partial charge is 0.352 e. The summed E-state index contributed by atoms with van der Waals surface area (Å²) < 4.78 is 3.40. The average molecular weight is 469 g/mol. The highest BCUT2D eigenvalue weighted by atomic mass is 79.9. The summed E-state index contributed by atoms with van der Waals surface area (Å²) in [5, 5.41) is 4.32. The molecule has 1 saturated heterocycles. The van der Waals surface area contributed by atoms with Crippen LogP contribution in [0.2, 0.25) is 0 Å². The highest BCUT2D eigenvalue weighted by molar-refractivity contribution is 9.10. The van der Waals surface area contributed by atoms with Gasteiger partial charge >= 0.3 is 0 Å². The molecule has 2 unspecified atom stereocenters. The van der Waals surface area contributed by atoms with Gasteiger partial charge in [-0.05, 0) is 87.9 Å². The van der Waals surface area contributed by atoms with E-state index in [2.05, 4.69) is 99.8 Å². The smallest absolute Gasteiger partial charge is 0.170 e. The van der Waals surface area contributed by atoms with Crippen LogP contribution in [0.5, 0.6) is 0 Å². The number of halogens is 1. The fourth-order valence-corrected chi connectivity index (χ4v) is 5.04. The fourth-order valence-electron chi connectivity index (χ4n) is 4.33. The van der Waals surface area contributed by atoms with E-state index in [0.29, 0.717) is 0 Å². The number of thiocarbonyl (C=S) groups is 1. The summed E-state index contributed by atoms with van der Waals surface area (Å²) in [6, 6.07) is 17.2. The van der Waals surface area contributed by atoms with Gasteiger partial charge in [-0.1, -0.05) is 22.0 Å². The molecule has 2 atom stereocenters. The van der Waals surface area contributed by atoms with Crippen LogP contribution in [0.3, 0.4) is 0 Å². The van der Waals surface area contributed by atoms with Crippen molar-refractivity contribution in [1.29, 1.82) is 0 Å². The number of aryl methyl sites for hydroxylation is 1. The maximum atomic E-state index is 5.74. The predicted molar refractivity (Wildman–Crippen MR) is 125 cm³/mol. The van der Waals surface area contributed by atoms with E-state index >= 15 is 0 Å². The first kappa shape index (κ1) is 20.1. The Hall–Kier alpha value is -2.18. The number of rotatable bonds is 4. The van der Waals surface area contributed by atoms with Crippen LogP contribution in [-0.4, -0.2) is 25.6 Å². The lowest BCUT2D eigenvalue weighted by Gasteiger charge is -2.31. The van der Waals surface area contributed by atoms with E-state index in [1.807, 2.05) is 18.3 Å². The zero-order chi connectivity index (χ0) is 20.7. The molecule has 0 spiro atoms. The molecule has 3 aromatic rings. The van der Waals surface area contributed by atoms with E-state index in [1.165, 1.54) is 17.0 Å². The summed E-state index contributed by atoms with van der Waals surface area (Å²) in [5.74, 6) is 0. The average Bonchev–Trinajstić information content (AvgIpc) is 3.19. The van der Waals surface area contributed by atoms with E-state index in [-0.39, 0.29) is 18.1 Å². The molecule has 0 bridgehead atoms. The molecule has 1 aromatic carbocycles. The van der Waals surface area contributed by atoms with Crippen molar-refractivity contribution in [3.63, 3.8) is 0 Å². The minimum Gasteiger partial charge on any atom is -0.352 e. The molecule has 0 saturated carbocycles. The van der Waals surface area contributed by atoms with Gasteiger partial charge in [0.25, 0.3) is 0 Å². The van der Waals surface area contributed by atoms with Crippen LogP contribution in [0.4, 0.5) is 0 Å². The number of nitrogens with one attached hydrogen (secondary N) is 1. The van der Waals surface area contributed by atoms with E-state index < -0.39 is 0 Å². The molecule has 4 rings (SSSR count). The van der Waals surface area contributed by atoms with Crippen molar-refractivity contribution in [1.82, 2.24) is 19.8 Å². The van der Waals surface area contributed by atoms with Crippen LogP contribution in [-0.2, 0) is 0 Å². The minimum atomic E-state index is 0.0185. The summed E-state index contributed by atoms with van der Waals surface area (Å²) in [4.78, 5) is 6.94. The molecule has 0 radical (unpaired) electrons. The van der Waals surface area contributed by atoms with Crippen molar-refractivity contribution in [2.45, 2.75) is 45.8 Å². The monoisotopic (exact) mass is 468 g/mol. The molecule has 1 aliphatic heterocycles. The summed E-state index contributed by atoms with van der Waals surface area (Å²) in [6.45, 7) is 8.74. The summed E-state index contributed by atoms with van der Waals surface area (Å²) >= 11 is 9.27. The third kappa shape index (κ3) is 3.60. The summed E-state index contributed by atoms with van der Waals surface area (Å²) in [5.41, 5.74) is 5.89. The molecule has 150 valence electrons. The van der Waals surface area contributed by atoms with E-state index in [1.54, 1.807) is 0 Å². The first-order valence-corrected chi connectivity index (χ1v) is 11.0. The molecule has 1 aliphatic rings. The van der Waals surface area contributed by atoms with E-state index in [9.17, 15) is 0 Å². The lowest BCUT2D eigenvalue weighted by Crippen LogP contribution is -2.35. The standard InChI is InChI=1S/C23H25BrN4S/c1-14(2)27-22(21(26-23(27)29)20-7-5-6-12-25-20)19-13-15(3)28(16(19)4)18-10-8-17(24)9-11-18/h5-14,21-22H,1-4H3,(H,26,29). The number of benzene rings is 1. The molecule has 2 aromatic heterocycles. The molecule has 0 amide bonds. The molecule has 29 heavy (non-hydrogen) atoms. The van der Waals surface area contributed by atoms with Gasteiger partial charge in [0, 0.05) is 33.8 Å². The van der Waals surface area contributed by atoms with Crippen LogP contribution in [0.15, 0.2) is 59.2 Å². The maximum Gasteiger partial charge on any atom is 0.170 e. The summed E-state index contributed by atoms with van der Waals surface area (Å²) in [6.07, 6.45) is 1.85. The van der Waals surface area contributed by atoms with Gasteiger partial charge in [0.2, 0.25) is 0 Å². The van der Waals surface area contributed by atoms with Gasteiger partial charge in [-0.2, -0.15) is 0 Å². The molecular formula is C23H25BrN4S. The van der Waals surface area contributed by atoms with Gasteiger partial charge in [-0.15, -0.1) is 0 Å². The molecule has 1 N–H and O–H groups in total. The van der Waals surface area contributed by atoms with Crippen molar-refractivity contribution in [2.24, 2.45) is 0 Å². The number of hydrogen-bond donors (Lipinski definition) is 1. The predicted octanol–water partition coefficient (Wildman–Crippen LogP) is 5.63. The quantitative estimate of drug-likeness (QED) is 0.502. The second-order valence-electron chi connectivity index (χ2n) is 7.77. The first-order chi connectivity index (χ1) is 13.9. The van der Waals surface area contributed by atoms with Crippen LogP contribution in [0.25, 0.3) is 5.69 Å². The second kappa shape index (κ2) is 7.92. The van der Waals surface area contributed by atoms with Gasteiger partial charge in [-0.3, -0.25) is 4.98 Å². The zero-order valence-corrected chi connectivity index (χ0v) is 19.5. The molecule has 1 fully saturated rings. The maximum absolute atomic E-state index is 5.74. The van der Waals surface area contributed by atoms with Gasteiger partial charge in [0.1, 0.15) is 0 Å². The normalized spacial score (nSPS) is 19.1. The van der Waals surface area contributed by atoms with Crippen molar-refractivity contribution < 1.29 is 0 Å². The Morgan fingerprint density at radius 3 is 2.45 bits per heavy atom. The Morgan fingerprint density at radius 2 is 1.83 bits per heavy atom. The fraction of sp³-hybridized carbons (Fsp3) is 0.304. The van der Waals surface area contributed by atoms with Gasteiger partial charge in [-0.25, -0.2) is 0 Å². The second-order valence-corrected chi connectivity index (χ2v) is 9.07. The first-order valence-electron chi connectivity index (χ1n) is 9.83. The molecule has 6 heteroatoms. The lowest BCUT2D eigenvalue weighted by atomic mass is 9.96. The van der Waals surface area contributed by atoms with Crippen molar-refractivity contribution >= 4 is 33.3 Å². The molecular weight excluding hydrogens is 444 g/mol. The Labute approximate surface area is 186 Å². The van der Waals surface area contributed by atoms with Gasteiger partial charge in [0.15, 0.2) is 5.11 Å². The summed E-state index contributed by atoms with van der Waals surface area (Å²) in [7, 11) is 0. The van der Waals surface area contributed by atoms with E-state index in [0.717, 1.165) is 21.0 Å². The Kier molecular flexibility index (Phi) is 5.49. The third-order valence-corrected chi connectivity index (χ3v) is 6.42. The Morgan fingerprint density at radius 1 is 1.10 bits per heavy atom. The topological polar surface area (TPSA) is 33.1 Å². The van der Waals surface area contributed by atoms with Crippen LogP contribution in [0.1, 0.15) is 48.6 Å². The molecule has 3 heterocycles. The Bertz CT molecular complexity index is 1030. The van der Waals surface area contributed by atoms with Crippen molar-refractivity contribution in [3.8, 4) is 5.69 Å². The number of aromatic nitrogens is 2. The number of nitrogens with zero attached hydrogens (tertiary/aromatic N) is 3. The van der Waals surface area contributed by atoms with Crippen molar-refractivity contribution in [2.75, 3.05) is 0 Å². The van der Waals surface area contributed by atoms with E-state index in [4.69, 9.17) is 12.2 Å². The minimum absolute atomic E-state index is 0.0185. The number of pyridine rings is 1. The van der Waals surface area contributed by atoms with Crippen LogP contribution < -0.4 is 5.32 Å². The molecule has 0 aliphatic carbocycles. The lowest BCUT2D eigenvalue weighted by molar-refractivity contribution is 0.269. The van der Waals surface area contributed by atoms with Crippen molar-refractivity contribution in [3.05, 3.63) is 81.8 Å². The highest BCUT2D eigenvalue weighted by Crippen LogP contribution is 2.42.